The van der Waals surface area contributed by atoms with E-state index < -0.39 is 5.41 Å². The second kappa shape index (κ2) is 9.78. The molecule has 0 aromatic heterocycles. The molecule has 33 heavy (non-hydrogen) atoms. The lowest BCUT2D eigenvalue weighted by Gasteiger charge is -2.34. The first-order valence-electron chi connectivity index (χ1n) is 11.2. The molecule has 0 atom stereocenters. The molecule has 4 heteroatoms. The van der Waals surface area contributed by atoms with Crippen molar-refractivity contribution in [2.75, 3.05) is 24.7 Å². The highest BCUT2D eigenvalue weighted by atomic mass is 32.2. The average Bonchev–Trinajstić information content (AvgIpc) is 3.18. The molecule has 0 fully saturated rings. The maximum Gasteiger partial charge on any atom is 0.0713 e. The van der Waals surface area contributed by atoms with E-state index in [4.69, 9.17) is 0 Å². The first kappa shape index (κ1) is 22.3. The maximum atomic E-state index is 9.20. The highest BCUT2D eigenvalue weighted by molar-refractivity contribution is 7.99. The zero-order valence-corrected chi connectivity index (χ0v) is 19.9. The normalized spacial score (nSPS) is 13.5. The lowest BCUT2D eigenvalue weighted by atomic mass is 9.68. The topological polar surface area (TPSA) is 40.5 Å². The lowest BCUT2D eigenvalue weighted by Crippen LogP contribution is -2.28. The van der Waals surface area contributed by atoms with Crippen LogP contribution >= 0.6 is 23.5 Å². The summed E-state index contributed by atoms with van der Waals surface area (Å²) >= 11 is 3.35. The minimum Gasteiger partial charge on any atom is -0.396 e. The lowest BCUT2D eigenvalue weighted by molar-refractivity contribution is 0.322. The molecule has 4 aromatic rings. The summed E-state index contributed by atoms with van der Waals surface area (Å²) < 4.78 is 0. The van der Waals surface area contributed by atoms with E-state index in [1.165, 1.54) is 43.2 Å². The Bertz CT molecular complexity index is 1130. The fourth-order valence-electron chi connectivity index (χ4n) is 4.95. The molecule has 2 N–H and O–H groups in total. The van der Waals surface area contributed by atoms with Crippen molar-refractivity contribution in [1.82, 2.24) is 0 Å². The predicted octanol–water partition coefficient (Wildman–Crippen LogP) is 6.22. The summed E-state index contributed by atoms with van der Waals surface area (Å²) in [5.41, 5.74) is 7.26. The van der Waals surface area contributed by atoms with Gasteiger partial charge < -0.3 is 10.2 Å². The summed E-state index contributed by atoms with van der Waals surface area (Å²) in [6, 6.07) is 35.2. The number of aliphatic hydroxyl groups excluding tert-OH is 2. The van der Waals surface area contributed by atoms with Crippen LogP contribution in [0.2, 0.25) is 0 Å². The molecule has 0 amide bonds. The number of rotatable bonds is 8. The molecule has 0 radical (unpaired) electrons. The minimum atomic E-state index is -0.395. The van der Waals surface area contributed by atoms with Crippen LogP contribution in [0.25, 0.3) is 11.1 Å². The molecule has 166 valence electrons. The fourth-order valence-corrected chi connectivity index (χ4v) is 6.26. The first-order valence-corrected chi connectivity index (χ1v) is 13.1. The van der Waals surface area contributed by atoms with Crippen molar-refractivity contribution >= 4 is 23.5 Å². The van der Waals surface area contributed by atoms with Gasteiger partial charge in [0.15, 0.2) is 0 Å². The third-order valence-electron chi connectivity index (χ3n) is 6.25. The summed E-state index contributed by atoms with van der Waals surface area (Å²) in [4.78, 5) is 2.33. The Hall–Kier alpha value is -2.50. The maximum absolute atomic E-state index is 9.20. The van der Waals surface area contributed by atoms with Gasteiger partial charge in [-0.25, -0.2) is 0 Å². The molecule has 1 aliphatic carbocycles. The Morgan fingerprint density at radius 1 is 0.515 bits per heavy atom. The third kappa shape index (κ3) is 3.91. The van der Waals surface area contributed by atoms with Crippen molar-refractivity contribution in [1.29, 1.82) is 0 Å². The van der Waals surface area contributed by atoms with Gasteiger partial charge in [0.1, 0.15) is 0 Å². The molecular formula is C29H26O2S2. The standard InChI is InChI=1S/C29H26O2S2/c30-17-19-32-23-13-9-21(10-14-23)29(22-11-15-24(16-12-22)33-20-18-31)27-7-3-1-5-25(27)26-6-2-4-8-28(26)29/h1-16,30-31H,17-20H2. The van der Waals surface area contributed by atoms with E-state index >= 15 is 0 Å². The largest absolute Gasteiger partial charge is 0.396 e. The Morgan fingerprint density at radius 2 is 0.909 bits per heavy atom. The molecule has 1 aliphatic rings. The highest BCUT2D eigenvalue weighted by Gasteiger charge is 2.45. The van der Waals surface area contributed by atoms with Crippen molar-refractivity contribution in [2.24, 2.45) is 0 Å². The van der Waals surface area contributed by atoms with Gasteiger partial charge in [-0.2, -0.15) is 0 Å². The molecule has 0 spiro atoms. The predicted molar refractivity (Wildman–Crippen MR) is 139 cm³/mol. The van der Waals surface area contributed by atoms with Crippen molar-refractivity contribution in [2.45, 2.75) is 15.2 Å². The van der Waals surface area contributed by atoms with Gasteiger partial charge in [-0.3, -0.25) is 0 Å². The summed E-state index contributed by atoms with van der Waals surface area (Å²) in [5, 5.41) is 18.4. The molecule has 4 aromatic carbocycles. The molecule has 0 bridgehead atoms. The summed E-state index contributed by atoms with van der Waals surface area (Å²) in [5.74, 6) is 1.40. The van der Waals surface area contributed by atoms with Gasteiger partial charge in [-0.05, 0) is 57.6 Å². The van der Waals surface area contributed by atoms with Crippen LogP contribution < -0.4 is 0 Å². The molecule has 2 nitrogen and oxygen atoms in total. The van der Waals surface area contributed by atoms with Crippen molar-refractivity contribution < 1.29 is 10.2 Å². The molecule has 0 heterocycles. The second-order valence-electron chi connectivity index (χ2n) is 8.03. The van der Waals surface area contributed by atoms with Crippen LogP contribution in [-0.2, 0) is 5.41 Å². The Kier molecular flexibility index (Phi) is 6.61. The van der Waals surface area contributed by atoms with E-state index in [0.717, 1.165) is 0 Å². The minimum absolute atomic E-state index is 0.178. The SMILES string of the molecule is OCCSc1ccc(C2(c3ccc(SCCO)cc3)c3ccccc3-c3ccccc32)cc1. The molecule has 0 saturated heterocycles. The van der Waals surface area contributed by atoms with Crippen LogP contribution in [0.3, 0.4) is 0 Å². The van der Waals surface area contributed by atoms with Crippen LogP contribution in [-0.4, -0.2) is 34.9 Å². The van der Waals surface area contributed by atoms with Crippen molar-refractivity contribution in [3.05, 3.63) is 119 Å². The van der Waals surface area contributed by atoms with Crippen molar-refractivity contribution in [3.8, 4) is 11.1 Å². The van der Waals surface area contributed by atoms with Gasteiger partial charge in [0.05, 0.1) is 18.6 Å². The van der Waals surface area contributed by atoms with E-state index in [2.05, 4.69) is 97.1 Å². The second-order valence-corrected chi connectivity index (χ2v) is 10.4. The zero-order chi connectivity index (χ0) is 22.7. The number of hydrogen-bond acceptors (Lipinski definition) is 4. The van der Waals surface area contributed by atoms with Gasteiger partial charge in [0, 0.05) is 21.3 Å². The van der Waals surface area contributed by atoms with E-state index in [1.54, 1.807) is 23.5 Å². The fraction of sp³-hybridized carbons (Fsp3) is 0.172. The number of thioether (sulfide) groups is 2. The Morgan fingerprint density at radius 3 is 1.30 bits per heavy atom. The van der Waals surface area contributed by atoms with Gasteiger partial charge >= 0.3 is 0 Å². The third-order valence-corrected chi connectivity index (χ3v) is 8.23. The van der Waals surface area contributed by atoms with E-state index in [-0.39, 0.29) is 13.2 Å². The summed E-state index contributed by atoms with van der Waals surface area (Å²) in [6.45, 7) is 0.357. The van der Waals surface area contributed by atoms with Gasteiger partial charge in [0.2, 0.25) is 0 Å². The Labute approximate surface area is 203 Å². The molecule has 5 rings (SSSR count). The van der Waals surface area contributed by atoms with Gasteiger partial charge in [-0.1, -0.05) is 72.8 Å². The summed E-state index contributed by atoms with van der Waals surface area (Å²) in [6.07, 6.45) is 0. The van der Waals surface area contributed by atoms with Crippen LogP contribution in [0.1, 0.15) is 22.3 Å². The summed E-state index contributed by atoms with van der Waals surface area (Å²) in [7, 11) is 0. The molecule has 0 unspecified atom stereocenters. The van der Waals surface area contributed by atoms with Crippen LogP contribution in [0.5, 0.6) is 0 Å². The molecular weight excluding hydrogens is 444 g/mol. The van der Waals surface area contributed by atoms with Crippen LogP contribution in [0, 0.1) is 0 Å². The average molecular weight is 471 g/mol. The Balaban J connectivity index is 1.72. The van der Waals surface area contributed by atoms with Crippen LogP contribution in [0.15, 0.2) is 107 Å². The van der Waals surface area contributed by atoms with Gasteiger partial charge in [0.25, 0.3) is 0 Å². The number of benzene rings is 4. The molecule has 0 aliphatic heterocycles. The van der Waals surface area contributed by atoms with E-state index in [0.29, 0.717) is 11.5 Å². The number of fused-ring (bicyclic) bond motifs is 3. The zero-order valence-electron chi connectivity index (χ0n) is 18.3. The highest BCUT2D eigenvalue weighted by Crippen LogP contribution is 2.56. The van der Waals surface area contributed by atoms with Gasteiger partial charge in [-0.15, -0.1) is 23.5 Å². The van der Waals surface area contributed by atoms with E-state index in [1.807, 2.05) is 0 Å². The number of aliphatic hydroxyl groups is 2. The smallest absolute Gasteiger partial charge is 0.0713 e. The first-order chi connectivity index (χ1) is 16.3. The molecule has 0 saturated carbocycles. The monoisotopic (exact) mass is 470 g/mol. The number of hydrogen-bond donors (Lipinski definition) is 2. The quantitative estimate of drug-likeness (QED) is 0.264. The van der Waals surface area contributed by atoms with E-state index in [9.17, 15) is 10.2 Å². The van der Waals surface area contributed by atoms with Crippen LogP contribution in [0.4, 0.5) is 0 Å². The van der Waals surface area contributed by atoms with Crippen molar-refractivity contribution in [3.63, 3.8) is 0 Å².